The monoisotopic (exact) mass is 472 g/mol. The Kier molecular flexibility index (Phi) is 14.2. The Hall–Kier alpha value is -0.414. The van der Waals surface area contributed by atoms with Crippen molar-refractivity contribution in [1.29, 1.82) is 0 Å². The minimum atomic E-state index is -4.46. The average Bonchev–Trinajstić information content (AvgIpc) is 2.71. The van der Waals surface area contributed by atoms with Gasteiger partial charge in [0.2, 0.25) is 0 Å². The molecule has 0 atom stereocenters. The van der Waals surface area contributed by atoms with Crippen LogP contribution in [0.25, 0.3) is 0 Å². The van der Waals surface area contributed by atoms with Crippen molar-refractivity contribution in [2.45, 2.75) is 82.4 Å². The molecule has 2 rings (SSSR count). The van der Waals surface area contributed by atoms with Gasteiger partial charge in [0.15, 0.2) is 0 Å². The summed E-state index contributed by atoms with van der Waals surface area (Å²) in [5.74, 6) is 0.0830. The first-order valence-corrected chi connectivity index (χ1v) is 12.4. The standard InChI is InChI=1S/C24H34O5S.K/c1-2-3-4-5-6-7-8-9-10-14-17-21-23(30(26,27)28)19-18-22(24(21)25)29-20-15-12-11-13-16-20;/h11-13,15-16,18-19,25H,2-10,14,17H2,1H3,(H,26,27,28);/q;+1/p-1. The minimum absolute atomic E-state index is 0. The summed E-state index contributed by atoms with van der Waals surface area (Å²) in [5.41, 5.74) is 0.102. The summed E-state index contributed by atoms with van der Waals surface area (Å²) in [4.78, 5) is -0.316. The zero-order valence-electron chi connectivity index (χ0n) is 18.8. The van der Waals surface area contributed by atoms with Crippen molar-refractivity contribution in [2.24, 2.45) is 0 Å². The molecule has 0 aliphatic carbocycles. The van der Waals surface area contributed by atoms with Crippen LogP contribution in [0.15, 0.2) is 47.4 Å². The summed E-state index contributed by atoms with van der Waals surface area (Å²) >= 11 is 0. The molecule has 2 aromatic carbocycles. The Balaban J connectivity index is 0.00000480. The van der Waals surface area contributed by atoms with Gasteiger partial charge in [0.1, 0.15) is 11.5 Å². The molecule has 0 aliphatic heterocycles. The van der Waals surface area contributed by atoms with Gasteiger partial charge in [-0.1, -0.05) is 88.7 Å². The van der Waals surface area contributed by atoms with Gasteiger partial charge < -0.3 is 9.84 Å². The van der Waals surface area contributed by atoms with E-state index in [-0.39, 0.29) is 67.6 Å². The SMILES string of the molecule is CCCCCCCCCCCCc1c(S(=O)(=O)O)ccc(Oc2ccccc2)c1[O-].[K+]. The van der Waals surface area contributed by atoms with Crippen molar-refractivity contribution >= 4 is 10.1 Å². The quantitative estimate of drug-likeness (QED) is 0.259. The summed E-state index contributed by atoms with van der Waals surface area (Å²) in [6.45, 7) is 2.21. The van der Waals surface area contributed by atoms with Crippen LogP contribution in [0.5, 0.6) is 17.2 Å². The molecule has 0 aromatic heterocycles. The molecule has 7 heteroatoms. The molecule has 166 valence electrons. The zero-order chi connectivity index (χ0) is 21.8. The van der Waals surface area contributed by atoms with E-state index < -0.39 is 15.9 Å². The number of rotatable bonds is 14. The van der Waals surface area contributed by atoms with E-state index in [4.69, 9.17) is 4.74 Å². The second kappa shape index (κ2) is 15.4. The van der Waals surface area contributed by atoms with Gasteiger partial charge in [0.25, 0.3) is 10.1 Å². The molecular formula is C24H33KO5S. The van der Waals surface area contributed by atoms with Gasteiger partial charge in [-0.05, 0) is 42.7 Å². The Labute approximate surface area is 229 Å². The summed E-state index contributed by atoms with van der Waals surface area (Å²) in [7, 11) is -4.46. The van der Waals surface area contributed by atoms with Crippen molar-refractivity contribution in [2.75, 3.05) is 0 Å². The first-order valence-electron chi connectivity index (χ1n) is 11.0. The first-order chi connectivity index (χ1) is 14.4. The number of hydrogen-bond acceptors (Lipinski definition) is 4. The van der Waals surface area contributed by atoms with Gasteiger partial charge >= 0.3 is 51.4 Å². The molecule has 0 amide bonds. The molecule has 0 radical (unpaired) electrons. The molecule has 5 nitrogen and oxygen atoms in total. The largest absolute Gasteiger partial charge is 1.00 e. The molecule has 0 saturated carbocycles. The van der Waals surface area contributed by atoms with Gasteiger partial charge in [-0.15, -0.1) is 0 Å². The minimum Gasteiger partial charge on any atom is -0.870 e. The van der Waals surface area contributed by atoms with Crippen molar-refractivity contribution in [1.82, 2.24) is 0 Å². The third kappa shape index (κ3) is 10.4. The van der Waals surface area contributed by atoms with Gasteiger partial charge in [0, 0.05) is 0 Å². The topological polar surface area (TPSA) is 86.7 Å². The zero-order valence-corrected chi connectivity index (χ0v) is 22.7. The summed E-state index contributed by atoms with van der Waals surface area (Å²) in [5, 5.41) is 12.8. The van der Waals surface area contributed by atoms with Gasteiger partial charge in [-0.25, -0.2) is 0 Å². The van der Waals surface area contributed by atoms with E-state index in [0.29, 0.717) is 18.6 Å². The molecule has 0 aliphatic rings. The molecule has 0 heterocycles. The van der Waals surface area contributed by atoms with Crippen LogP contribution in [-0.2, 0) is 16.5 Å². The van der Waals surface area contributed by atoms with E-state index >= 15 is 0 Å². The van der Waals surface area contributed by atoms with Crippen LogP contribution in [0, 0.1) is 0 Å². The van der Waals surface area contributed by atoms with Gasteiger partial charge in [-0.3, -0.25) is 4.55 Å². The van der Waals surface area contributed by atoms with Crippen LogP contribution >= 0.6 is 0 Å². The van der Waals surface area contributed by atoms with E-state index in [9.17, 15) is 18.1 Å². The molecule has 0 fully saturated rings. The van der Waals surface area contributed by atoms with Crippen molar-refractivity contribution in [3.8, 4) is 17.2 Å². The summed E-state index contributed by atoms with van der Waals surface area (Å²) in [6, 6.07) is 11.4. The van der Waals surface area contributed by atoms with E-state index in [1.54, 1.807) is 24.3 Å². The number of para-hydroxylation sites is 1. The molecule has 0 spiro atoms. The normalized spacial score (nSPS) is 11.2. The molecule has 2 aromatic rings. The Bertz CT molecular complexity index is 869. The van der Waals surface area contributed by atoms with Crippen LogP contribution in [0.3, 0.4) is 0 Å². The average molecular weight is 473 g/mol. The number of hydrogen-bond donors (Lipinski definition) is 1. The maximum Gasteiger partial charge on any atom is 1.00 e. The van der Waals surface area contributed by atoms with Crippen LogP contribution in [0.4, 0.5) is 0 Å². The van der Waals surface area contributed by atoms with Crippen molar-refractivity contribution in [3.63, 3.8) is 0 Å². The van der Waals surface area contributed by atoms with E-state index in [1.807, 2.05) is 6.07 Å². The smallest absolute Gasteiger partial charge is 0.870 e. The third-order valence-corrected chi connectivity index (χ3v) is 6.15. The Morgan fingerprint density at radius 1 is 0.839 bits per heavy atom. The first kappa shape index (κ1) is 28.6. The molecule has 31 heavy (non-hydrogen) atoms. The van der Waals surface area contributed by atoms with Crippen LogP contribution < -0.4 is 61.2 Å². The maximum atomic E-state index is 12.8. The predicted octanol–water partition coefficient (Wildman–Crippen LogP) is 3.27. The molecule has 0 saturated heterocycles. The second-order valence-electron chi connectivity index (χ2n) is 7.69. The van der Waals surface area contributed by atoms with Gasteiger partial charge in [-0.2, -0.15) is 8.42 Å². The van der Waals surface area contributed by atoms with Gasteiger partial charge in [0.05, 0.1) is 4.90 Å². The molecule has 1 N–H and O–H groups in total. The van der Waals surface area contributed by atoms with Crippen LogP contribution in [0.1, 0.15) is 76.7 Å². The van der Waals surface area contributed by atoms with Crippen molar-refractivity contribution < 1.29 is 74.2 Å². The molecule has 0 unspecified atom stereocenters. The Morgan fingerprint density at radius 3 is 1.94 bits per heavy atom. The summed E-state index contributed by atoms with van der Waals surface area (Å²) < 4.78 is 38.6. The van der Waals surface area contributed by atoms with Crippen LogP contribution in [-0.4, -0.2) is 13.0 Å². The molecular weight excluding hydrogens is 439 g/mol. The van der Waals surface area contributed by atoms with E-state index in [0.717, 1.165) is 19.3 Å². The van der Waals surface area contributed by atoms with Crippen molar-refractivity contribution in [3.05, 3.63) is 48.0 Å². The van der Waals surface area contributed by atoms with E-state index in [1.165, 1.54) is 50.7 Å². The fourth-order valence-corrected chi connectivity index (χ4v) is 4.30. The van der Waals surface area contributed by atoms with E-state index in [2.05, 4.69) is 6.92 Å². The third-order valence-electron chi connectivity index (χ3n) is 5.21. The number of benzene rings is 2. The fraction of sp³-hybridized carbons (Fsp3) is 0.500. The molecule has 0 bridgehead atoms. The second-order valence-corrected chi connectivity index (χ2v) is 9.08. The number of ether oxygens (including phenoxy) is 1. The fourth-order valence-electron chi connectivity index (χ4n) is 3.55. The maximum absolute atomic E-state index is 12.8. The Morgan fingerprint density at radius 2 is 1.39 bits per heavy atom. The summed E-state index contributed by atoms with van der Waals surface area (Å²) in [6.07, 6.45) is 11.8. The van der Waals surface area contributed by atoms with Crippen LogP contribution in [0.2, 0.25) is 0 Å². The predicted molar refractivity (Wildman–Crippen MR) is 118 cm³/mol. The number of unbranched alkanes of at least 4 members (excludes halogenated alkanes) is 9.